The molecule has 0 spiro atoms. The molecule has 0 fully saturated rings. The molecule has 6 nitrogen and oxygen atoms in total. The minimum Gasteiger partial charge on any atom is -0.393 e. The Morgan fingerprint density at radius 3 is 1.70 bits per heavy atom. The Bertz CT molecular complexity index is 320. The van der Waals surface area contributed by atoms with Crippen molar-refractivity contribution in [2.45, 2.75) is 89.6 Å². The lowest BCUT2D eigenvalue weighted by Gasteiger charge is -2.25. The van der Waals surface area contributed by atoms with E-state index in [1.807, 2.05) is 0 Å². The van der Waals surface area contributed by atoms with Crippen LogP contribution in [0.2, 0.25) is 0 Å². The maximum absolute atomic E-state index is 10.6. The molecule has 0 bridgehead atoms. The predicted molar refractivity (Wildman–Crippen MR) is 91.1 cm³/mol. The summed E-state index contributed by atoms with van der Waals surface area (Å²) in [5.74, 6) is 0. The summed E-state index contributed by atoms with van der Waals surface area (Å²) in [4.78, 5) is 17.3. The van der Waals surface area contributed by atoms with Crippen molar-refractivity contribution in [1.29, 1.82) is 0 Å². The van der Waals surface area contributed by atoms with Gasteiger partial charge in [0.1, 0.15) is 5.60 Å². The number of hydrogen-bond acceptors (Lipinski definition) is 4. The maximum atomic E-state index is 10.6. The van der Waals surface area contributed by atoms with Crippen LogP contribution in [0, 0.1) is 0 Å². The summed E-state index contributed by atoms with van der Waals surface area (Å²) in [5, 5.41) is 19.2. The van der Waals surface area contributed by atoms with Crippen LogP contribution in [-0.2, 0) is 9.09 Å². The first-order valence-electron chi connectivity index (χ1n) is 8.86. The second-order valence-electron chi connectivity index (χ2n) is 6.43. The average Bonchev–Trinajstić information content (AvgIpc) is 2.50. The van der Waals surface area contributed by atoms with Crippen molar-refractivity contribution < 1.29 is 29.1 Å². The maximum Gasteiger partial charge on any atom is 0.469 e. The van der Waals surface area contributed by atoms with Crippen molar-refractivity contribution in [1.82, 2.24) is 0 Å². The van der Waals surface area contributed by atoms with Gasteiger partial charge in [-0.2, -0.15) is 0 Å². The van der Waals surface area contributed by atoms with Crippen molar-refractivity contribution in [3.63, 3.8) is 0 Å². The molecular formula is C16H35O6P. The lowest BCUT2D eigenvalue weighted by atomic mass is 9.97. The van der Waals surface area contributed by atoms with Gasteiger partial charge in [0.15, 0.2) is 0 Å². The van der Waals surface area contributed by atoms with Gasteiger partial charge in [-0.3, -0.25) is 4.52 Å². The Balaban J connectivity index is 3.55. The first kappa shape index (κ1) is 23.0. The zero-order valence-electron chi connectivity index (χ0n) is 14.5. The molecule has 0 radical (unpaired) electrons. The van der Waals surface area contributed by atoms with Gasteiger partial charge in [-0.1, -0.05) is 77.6 Å². The zero-order valence-corrected chi connectivity index (χ0v) is 15.3. The predicted octanol–water partition coefficient (Wildman–Crippen LogP) is 3.52. The Kier molecular flexibility index (Phi) is 13.4. The fourth-order valence-electron chi connectivity index (χ4n) is 2.52. The molecule has 4 N–H and O–H groups in total. The standard InChI is InChI=1S/C16H35O6P/c1-2-3-4-5-6-7-8-9-10-11-12-13-16(18,14-17)15-22-23(19,20)21/h17-18H,2-15H2,1H3,(H2,19,20,21). The number of rotatable bonds is 16. The Morgan fingerprint density at radius 2 is 1.30 bits per heavy atom. The van der Waals surface area contributed by atoms with E-state index in [4.69, 9.17) is 14.9 Å². The summed E-state index contributed by atoms with van der Waals surface area (Å²) >= 11 is 0. The van der Waals surface area contributed by atoms with Gasteiger partial charge in [-0.05, 0) is 6.42 Å². The molecule has 0 heterocycles. The van der Waals surface area contributed by atoms with Crippen LogP contribution >= 0.6 is 7.82 Å². The van der Waals surface area contributed by atoms with Crippen molar-refractivity contribution in [3.05, 3.63) is 0 Å². The molecule has 140 valence electrons. The molecule has 0 saturated carbocycles. The highest BCUT2D eigenvalue weighted by atomic mass is 31.2. The summed E-state index contributed by atoms with van der Waals surface area (Å²) in [6, 6.07) is 0. The molecule has 7 heteroatoms. The van der Waals surface area contributed by atoms with E-state index in [1.165, 1.54) is 51.4 Å². The third kappa shape index (κ3) is 15.3. The molecule has 0 aliphatic rings. The van der Waals surface area contributed by atoms with E-state index in [0.29, 0.717) is 6.42 Å². The molecule has 1 atom stereocenters. The van der Waals surface area contributed by atoms with Gasteiger partial charge in [-0.25, -0.2) is 4.57 Å². The van der Waals surface area contributed by atoms with Gasteiger partial charge >= 0.3 is 7.82 Å². The van der Waals surface area contributed by atoms with Crippen molar-refractivity contribution in [3.8, 4) is 0 Å². The molecule has 0 aliphatic heterocycles. The molecule has 0 amide bonds. The number of aliphatic hydroxyl groups excluding tert-OH is 1. The summed E-state index contributed by atoms with van der Waals surface area (Å²) in [6.07, 6.45) is 13.3. The minimum atomic E-state index is -4.61. The van der Waals surface area contributed by atoms with E-state index in [9.17, 15) is 9.67 Å². The molecule has 0 saturated heterocycles. The highest BCUT2D eigenvalue weighted by Gasteiger charge is 2.29. The van der Waals surface area contributed by atoms with Crippen molar-refractivity contribution in [2.75, 3.05) is 13.2 Å². The number of aliphatic hydroxyl groups is 2. The monoisotopic (exact) mass is 354 g/mol. The van der Waals surface area contributed by atoms with E-state index in [0.717, 1.165) is 12.8 Å². The smallest absolute Gasteiger partial charge is 0.393 e. The summed E-state index contributed by atoms with van der Waals surface area (Å²) in [6.45, 7) is 1.10. The first-order valence-corrected chi connectivity index (χ1v) is 10.4. The van der Waals surface area contributed by atoms with Crippen LogP contribution in [0.3, 0.4) is 0 Å². The average molecular weight is 354 g/mol. The highest BCUT2D eigenvalue weighted by Crippen LogP contribution is 2.37. The normalized spacial score (nSPS) is 14.8. The van der Waals surface area contributed by atoms with Gasteiger partial charge in [0.25, 0.3) is 0 Å². The van der Waals surface area contributed by atoms with E-state index in [1.54, 1.807) is 0 Å². The lowest BCUT2D eigenvalue weighted by molar-refractivity contribution is -0.0600. The molecule has 23 heavy (non-hydrogen) atoms. The van der Waals surface area contributed by atoms with E-state index in [-0.39, 0.29) is 6.42 Å². The number of hydrogen-bond donors (Lipinski definition) is 4. The minimum absolute atomic E-state index is 0.278. The van der Waals surface area contributed by atoms with Crippen LogP contribution in [0.5, 0.6) is 0 Å². The summed E-state index contributed by atoms with van der Waals surface area (Å²) in [7, 11) is -4.61. The van der Waals surface area contributed by atoms with Crippen LogP contribution in [-0.4, -0.2) is 38.8 Å². The second kappa shape index (κ2) is 13.3. The Labute approximate surface area is 140 Å². The highest BCUT2D eigenvalue weighted by molar-refractivity contribution is 7.46. The molecule has 0 aromatic carbocycles. The molecule has 0 aromatic heterocycles. The van der Waals surface area contributed by atoms with Gasteiger partial charge in [0, 0.05) is 0 Å². The third-order valence-electron chi connectivity index (χ3n) is 4.04. The number of phosphoric acid groups is 1. The third-order valence-corrected chi connectivity index (χ3v) is 4.51. The lowest BCUT2D eigenvalue weighted by Crippen LogP contribution is -2.38. The SMILES string of the molecule is CCCCCCCCCCCCCC(O)(CO)COP(=O)(O)O. The summed E-state index contributed by atoms with van der Waals surface area (Å²) in [5.41, 5.74) is -1.57. The first-order chi connectivity index (χ1) is 10.8. The van der Waals surface area contributed by atoms with Crippen LogP contribution in [0.25, 0.3) is 0 Å². The largest absolute Gasteiger partial charge is 0.469 e. The van der Waals surface area contributed by atoms with Gasteiger partial charge in [0.2, 0.25) is 0 Å². The molecule has 0 rings (SSSR count). The molecular weight excluding hydrogens is 319 g/mol. The van der Waals surface area contributed by atoms with Gasteiger partial charge in [0.05, 0.1) is 13.2 Å². The summed E-state index contributed by atoms with van der Waals surface area (Å²) < 4.78 is 14.9. The van der Waals surface area contributed by atoms with Gasteiger partial charge < -0.3 is 20.0 Å². The molecule has 0 aliphatic carbocycles. The fraction of sp³-hybridized carbons (Fsp3) is 1.00. The number of phosphoric ester groups is 1. The van der Waals surface area contributed by atoms with Crippen molar-refractivity contribution in [2.24, 2.45) is 0 Å². The van der Waals surface area contributed by atoms with Crippen LogP contribution in [0.1, 0.15) is 84.0 Å². The fourth-order valence-corrected chi connectivity index (χ4v) is 2.93. The van der Waals surface area contributed by atoms with E-state index >= 15 is 0 Å². The van der Waals surface area contributed by atoms with Crippen LogP contribution in [0.4, 0.5) is 0 Å². The zero-order chi connectivity index (χ0) is 17.6. The van der Waals surface area contributed by atoms with E-state index in [2.05, 4.69) is 11.4 Å². The Hall–Kier alpha value is 0.0300. The second-order valence-corrected chi connectivity index (χ2v) is 7.67. The van der Waals surface area contributed by atoms with Crippen LogP contribution < -0.4 is 0 Å². The van der Waals surface area contributed by atoms with Crippen molar-refractivity contribution >= 4 is 7.82 Å². The van der Waals surface area contributed by atoms with Gasteiger partial charge in [-0.15, -0.1) is 0 Å². The van der Waals surface area contributed by atoms with Crippen LogP contribution in [0.15, 0.2) is 0 Å². The van der Waals surface area contributed by atoms with E-state index < -0.39 is 26.6 Å². The Morgan fingerprint density at radius 1 is 0.870 bits per heavy atom. The number of unbranched alkanes of at least 4 members (excludes halogenated alkanes) is 10. The molecule has 0 aromatic rings. The molecule has 1 unspecified atom stereocenters. The topological polar surface area (TPSA) is 107 Å². The quantitative estimate of drug-likeness (QED) is 0.249.